The van der Waals surface area contributed by atoms with Crippen molar-refractivity contribution in [2.24, 2.45) is 11.8 Å². The summed E-state index contributed by atoms with van der Waals surface area (Å²) in [6.45, 7) is 5.28. The average Bonchev–Trinajstić information content (AvgIpc) is 2.56. The highest BCUT2D eigenvalue weighted by Crippen LogP contribution is 2.28. The van der Waals surface area contributed by atoms with Crippen molar-refractivity contribution in [1.29, 1.82) is 0 Å². The van der Waals surface area contributed by atoms with Gasteiger partial charge in [0.1, 0.15) is 0 Å². The molecule has 1 aromatic rings. The number of carbonyl (C=O) groups excluding carboxylic acids is 2. The minimum absolute atomic E-state index is 0.0734. The SMILES string of the molecule is CCN(CC)C(=O)C1CC=CCC1C(=O)Nc1ccncc1. The molecule has 0 saturated carbocycles. The molecular formula is C17H23N3O2. The lowest BCUT2D eigenvalue weighted by molar-refractivity contribution is -0.140. The molecule has 2 amide bonds. The van der Waals surface area contributed by atoms with Gasteiger partial charge in [-0.2, -0.15) is 0 Å². The molecular weight excluding hydrogens is 278 g/mol. The number of carbonyl (C=O) groups is 2. The van der Waals surface area contributed by atoms with Crippen LogP contribution in [0, 0.1) is 11.8 Å². The van der Waals surface area contributed by atoms with Gasteiger partial charge >= 0.3 is 0 Å². The molecule has 0 aromatic carbocycles. The van der Waals surface area contributed by atoms with Crippen molar-refractivity contribution in [3.63, 3.8) is 0 Å². The lowest BCUT2D eigenvalue weighted by atomic mass is 9.81. The molecule has 1 aliphatic carbocycles. The van der Waals surface area contributed by atoms with Crippen LogP contribution in [0.5, 0.6) is 0 Å². The van der Waals surface area contributed by atoms with E-state index in [1.165, 1.54) is 0 Å². The topological polar surface area (TPSA) is 62.3 Å². The summed E-state index contributed by atoms with van der Waals surface area (Å²) >= 11 is 0. The van der Waals surface area contributed by atoms with Crippen LogP contribution in [0.2, 0.25) is 0 Å². The Balaban J connectivity index is 2.11. The van der Waals surface area contributed by atoms with Crippen LogP contribution < -0.4 is 5.32 Å². The molecule has 0 saturated heterocycles. The maximum absolute atomic E-state index is 12.6. The molecule has 0 fully saturated rings. The monoisotopic (exact) mass is 301 g/mol. The van der Waals surface area contributed by atoms with E-state index >= 15 is 0 Å². The molecule has 0 aliphatic heterocycles. The lowest BCUT2D eigenvalue weighted by Crippen LogP contribution is -2.43. The van der Waals surface area contributed by atoms with E-state index in [4.69, 9.17) is 0 Å². The second kappa shape index (κ2) is 7.73. The van der Waals surface area contributed by atoms with Crippen molar-refractivity contribution < 1.29 is 9.59 Å². The third kappa shape index (κ3) is 3.72. The minimum Gasteiger partial charge on any atom is -0.343 e. The molecule has 5 heteroatoms. The average molecular weight is 301 g/mol. The predicted octanol–water partition coefficient (Wildman–Crippen LogP) is 2.47. The predicted molar refractivity (Wildman–Crippen MR) is 86.1 cm³/mol. The summed E-state index contributed by atoms with van der Waals surface area (Å²) in [5.41, 5.74) is 0.712. The Hall–Kier alpha value is -2.17. The van der Waals surface area contributed by atoms with Crippen molar-refractivity contribution >= 4 is 17.5 Å². The molecule has 0 bridgehead atoms. The third-order valence-electron chi connectivity index (χ3n) is 4.11. The molecule has 22 heavy (non-hydrogen) atoms. The number of aromatic nitrogens is 1. The first-order valence-corrected chi connectivity index (χ1v) is 7.82. The summed E-state index contributed by atoms with van der Waals surface area (Å²) < 4.78 is 0. The molecule has 1 aromatic heterocycles. The van der Waals surface area contributed by atoms with Crippen LogP contribution in [-0.2, 0) is 9.59 Å². The zero-order chi connectivity index (χ0) is 15.9. The van der Waals surface area contributed by atoms with Gasteiger partial charge in [0, 0.05) is 31.2 Å². The van der Waals surface area contributed by atoms with Crippen LogP contribution >= 0.6 is 0 Å². The van der Waals surface area contributed by atoms with Gasteiger partial charge in [-0.15, -0.1) is 0 Å². The standard InChI is InChI=1S/C17H23N3O2/c1-3-20(4-2)17(22)15-8-6-5-7-14(15)16(21)19-13-9-11-18-12-10-13/h5-6,9-12,14-15H,3-4,7-8H2,1-2H3,(H,18,19,21). The highest BCUT2D eigenvalue weighted by molar-refractivity contribution is 5.96. The van der Waals surface area contributed by atoms with E-state index in [9.17, 15) is 9.59 Å². The minimum atomic E-state index is -0.314. The van der Waals surface area contributed by atoms with E-state index in [2.05, 4.69) is 10.3 Å². The van der Waals surface area contributed by atoms with Crippen LogP contribution in [-0.4, -0.2) is 34.8 Å². The van der Waals surface area contributed by atoms with Crippen molar-refractivity contribution in [3.8, 4) is 0 Å². The van der Waals surface area contributed by atoms with Crippen molar-refractivity contribution in [2.45, 2.75) is 26.7 Å². The number of allylic oxidation sites excluding steroid dienone is 2. The van der Waals surface area contributed by atoms with Gasteiger partial charge in [-0.25, -0.2) is 0 Å². The third-order valence-corrected chi connectivity index (χ3v) is 4.11. The molecule has 2 rings (SSSR count). The summed E-state index contributed by atoms with van der Waals surface area (Å²) in [4.78, 5) is 30.9. The molecule has 0 spiro atoms. The number of hydrogen-bond donors (Lipinski definition) is 1. The maximum atomic E-state index is 12.6. The summed E-state index contributed by atoms with van der Waals surface area (Å²) in [7, 11) is 0. The quantitative estimate of drug-likeness (QED) is 0.850. The lowest BCUT2D eigenvalue weighted by Gasteiger charge is -2.31. The molecule has 1 heterocycles. The van der Waals surface area contributed by atoms with E-state index in [-0.39, 0.29) is 23.7 Å². The van der Waals surface area contributed by atoms with Crippen LogP contribution in [0.15, 0.2) is 36.7 Å². The molecule has 118 valence electrons. The Kier molecular flexibility index (Phi) is 5.69. The second-order valence-corrected chi connectivity index (χ2v) is 5.39. The molecule has 2 atom stereocenters. The highest BCUT2D eigenvalue weighted by atomic mass is 16.2. The summed E-state index contributed by atoms with van der Waals surface area (Å²) in [6, 6.07) is 3.50. The summed E-state index contributed by atoms with van der Waals surface area (Å²) in [5, 5.41) is 2.89. The molecule has 5 nitrogen and oxygen atoms in total. The van der Waals surface area contributed by atoms with E-state index in [1.54, 1.807) is 29.4 Å². The first kappa shape index (κ1) is 16.2. The fraction of sp³-hybridized carbons (Fsp3) is 0.471. The first-order chi connectivity index (χ1) is 10.7. The molecule has 2 unspecified atom stereocenters. The normalized spacial score (nSPS) is 20.5. The van der Waals surface area contributed by atoms with Crippen LogP contribution in [0.3, 0.4) is 0 Å². The Labute approximate surface area is 131 Å². The number of amides is 2. The van der Waals surface area contributed by atoms with Crippen LogP contribution in [0.25, 0.3) is 0 Å². The summed E-state index contributed by atoms with van der Waals surface area (Å²) in [6.07, 6.45) is 8.49. The van der Waals surface area contributed by atoms with E-state index < -0.39 is 0 Å². The number of nitrogens with zero attached hydrogens (tertiary/aromatic N) is 2. The van der Waals surface area contributed by atoms with Gasteiger partial charge < -0.3 is 10.2 Å². The smallest absolute Gasteiger partial charge is 0.228 e. The number of nitrogens with one attached hydrogen (secondary N) is 1. The van der Waals surface area contributed by atoms with Crippen LogP contribution in [0.1, 0.15) is 26.7 Å². The Morgan fingerprint density at radius 1 is 1.14 bits per heavy atom. The van der Waals surface area contributed by atoms with Crippen molar-refractivity contribution in [1.82, 2.24) is 9.88 Å². The number of anilines is 1. The first-order valence-electron chi connectivity index (χ1n) is 7.82. The van der Waals surface area contributed by atoms with Gasteiger partial charge in [0.25, 0.3) is 0 Å². The largest absolute Gasteiger partial charge is 0.343 e. The fourth-order valence-corrected chi connectivity index (χ4v) is 2.82. The number of pyridine rings is 1. The maximum Gasteiger partial charge on any atom is 0.228 e. The van der Waals surface area contributed by atoms with E-state index in [0.29, 0.717) is 31.6 Å². The van der Waals surface area contributed by atoms with E-state index in [1.807, 2.05) is 26.0 Å². The molecule has 0 radical (unpaired) electrons. The van der Waals surface area contributed by atoms with Crippen molar-refractivity contribution in [3.05, 3.63) is 36.7 Å². The summed E-state index contributed by atoms with van der Waals surface area (Å²) in [5.74, 6) is -0.608. The Bertz CT molecular complexity index is 538. The van der Waals surface area contributed by atoms with E-state index in [0.717, 1.165) is 0 Å². The number of rotatable bonds is 5. The fourth-order valence-electron chi connectivity index (χ4n) is 2.82. The second-order valence-electron chi connectivity index (χ2n) is 5.39. The van der Waals surface area contributed by atoms with Gasteiger partial charge in [0.05, 0.1) is 11.8 Å². The number of hydrogen-bond acceptors (Lipinski definition) is 3. The van der Waals surface area contributed by atoms with Gasteiger partial charge in [0.15, 0.2) is 0 Å². The Morgan fingerprint density at radius 3 is 2.32 bits per heavy atom. The van der Waals surface area contributed by atoms with Gasteiger partial charge in [-0.1, -0.05) is 12.2 Å². The van der Waals surface area contributed by atoms with Crippen molar-refractivity contribution in [2.75, 3.05) is 18.4 Å². The van der Waals surface area contributed by atoms with Gasteiger partial charge in [-0.05, 0) is 38.8 Å². The van der Waals surface area contributed by atoms with Gasteiger partial charge in [0.2, 0.25) is 11.8 Å². The molecule has 1 N–H and O–H groups in total. The molecule has 1 aliphatic rings. The van der Waals surface area contributed by atoms with Gasteiger partial charge in [-0.3, -0.25) is 14.6 Å². The highest BCUT2D eigenvalue weighted by Gasteiger charge is 2.35. The van der Waals surface area contributed by atoms with Crippen LogP contribution in [0.4, 0.5) is 5.69 Å². The Morgan fingerprint density at radius 2 is 1.73 bits per heavy atom. The zero-order valence-corrected chi connectivity index (χ0v) is 13.2. The zero-order valence-electron chi connectivity index (χ0n) is 13.2.